The first-order valence-corrected chi connectivity index (χ1v) is 6.69. The standard InChI is InChI=1S/C10H15N3O4S/c1-7(14)12-9(10(15)16)6-18(17)5-8-3-11-13(2)4-8/h3-4,9H,5-6H2,1-2H3,(H,12,14)(H,15,16). The van der Waals surface area contributed by atoms with Crippen molar-refractivity contribution in [3.8, 4) is 0 Å². The Balaban J connectivity index is 2.56. The van der Waals surface area contributed by atoms with Crippen LogP contribution in [-0.2, 0) is 33.2 Å². The van der Waals surface area contributed by atoms with Crippen LogP contribution in [0.1, 0.15) is 12.5 Å². The van der Waals surface area contributed by atoms with Crippen LogP contribution in [0.2, 0.25) is 0 Å². The fourth-order valence-electron chi connectivity index (χ4n) is 1.40. The van der Waals surface area contributed by atoms with Gasteiger partial charge in [-0.25, -0.2) is 4.79 Å². The molecule has 1 heterocycles. The van der Waals surface area contributed by atoms with Crippen LogP contribution >= 0.6 is 0 Å². The summed E-state index contributed by atoms with van der Waals surface area (Å²) in [5, 5.41) is 15.1. The number of nitrogens with zero attached hydrogens (tertiary/aromatic N) is 2. The van der Waals surface area contributed by atoms with E-state index in [0.717, 1.165) is 5.56 Å². The molecule has 2 N–H and O–H groups in total. The van der Waals surface area contributed by atoms with E-state index in [-0.39, 0.29) is 11.5 Å². The molecule has 0 spiro atoms. The van der Waals surface area contributed by atoms with E-state index in [1.165, 1.54) is 6.92 Å². The van der Waals surface area contributed by atoms with Gasteiger partial charge in [-0.1, -0.05) is 0 Å². The van der Waals surface area contributed by atoms with E-state index in [0.29, 0.717) is 0 Å². The molecule has 0 aliphatic heterocycles. The Kier molecular flexibility index (Phi) is 5.02. The first-order chi connectivity index (χ1) is 8.38. The monoisotopic (exact) mass is 273 g/mol. The van der Waals surface area contributed by atoms with Crippen LogP contribution in [0.3, 0.4) is 0 Å². The first kappa shape index (κ1) is 14.4. The lowest BCUT2D eigenvalue weighted by molar-refractivity contribution is -0.140. The minimum absolute atomic E-state index is 0.121. The SMILES string of the molecule is CC(=O)NC(CS(=O)Cc1cnn(C)c1)C(=O)O. The average Bonchev–Trinajstić information content (AvgIpc) is 2.62. The molecule has 0 aliphatic carbocycles. The van der Waals surface area contributed by atoms with E-state index in [1.54, 1.807) is 24.1 Å². The number of carboxylic acid groups (broad SMARTS) is 1. The maximum Gasteiger partial charge on any atom is 0.327 e. The molecule has 1 aromatic heterocycles. The van der Waals surface area contributed by atoms with Crippen molar-refractivity contribution in [1.82, 2.24) is 15.1 Å². The zero-order valence-corrected chi connectivity index (χ0v) is 10.9. The van der Waals surface area contributed by atoms with E-state index in [4.69, 9.17) is 5.11 Å². The third kappa shape index (κ3) is 4.66. The van der Waals surface area contributed by atoms with Gasteiger partial charge in [-0.3, -0.25) is 13.7 Å². The maximum atomic E-state index is 11.8. The van der Waals surface area contributed by atoms with E-state index < -0.39 is 28.7 Å². The summed E-state index contributed by atoms with van der Waals surface area (Å²) in [6, 6.07) is -1.12. The van der Waals surface area contributed by atoms with Crippen LogP contribution in [0.15, 0.2) is 12.4 Å². The third-order valence-corrected chi connectivity index (χ3v) is 3.47. The number of hydrogen-bond acceptors (Lipinski definition) is 4. The highest BCUT2D eigenvalue weighted by atomic mass is 32.2. The van der Waals surface area contributed by atoms with Gasteiger partial charge in [-0.15, -0.1) is 0 Å². The average molecular weight is 273 g/mol. The van der Waals surface area contributed by atoms with Crippen molar-refractivity contribution in [3.05, 3.63) is 18.0 Å². The molecule has 1 aromatic rings. The van der Waals surface area contributed by atoms with Crippen LogP contribution in [-0.4, -0.2) is 42.8 Å². The zero-order chi connectivity index (χ0) is 13.7. The summed E-state index contributed by atoms with van der Waals surface area (Å²) < 4.78 is 13.4. The molecule has 7 nitrogen and oxygen atoms in total. The molecule has 18 heavy (non-hydrogen) atoms. The van der Waals surface area contributed by atoms with Crippen LogP contribution in [0.25, 0.3) is 0 Å². The van der Waals surface area contributed by atoms with Crippen LogP contribution in [0, 0.1) is 0 Å². The summed E-state index contributed by atoms with van der Waals surface area (Å²) in [6.45, 7) is 1.22. The van der Waals surface area contributed by atoms with Crippen LogP contribution in [0.5, 0.6) is 0 Å². The van der Waals surface area contributed by atoms with Crippen molar-refractivity contribution < 1.29 is 18.9 Å². The minimum Gasteiger partial charge on any atom is -0.480 e. The number of carboxylic acids is 1. The van der Waals surface area contributed by atoms with Crippen molar-refractivity contribution in [2.45, 2.75) is 18.7 Å². The van der Waals surface area contributed by atoms with Crippen LogP contribution in [0.4, 0.5) is 0 Å². The van der Waals surface area contributed by atoms with E-state index in [2.05, 4.69) is 10.4 Å². The molecule has 0 fully saturated rings. The highest BCUT2D eigenvalue weighted by Crippen LogP contribution is 2.03. The van der Waals surface area contributed by atoms with E-state index in [1.807, 2.05) is 0 Å². The number of aromatic nitrogens is 2. The lowest BCUT2D eigenvalue weighted by Gasteiger charge is -2.12. The molecule has 1 amide bonds. The summed E-state index contributed by atoms with van der Waals surface area (Å²) in [5.41, 5.74) is 0.766. The van der Waals surface area contributed by atoms with Gasteiger partial charge in [0.2, 0.25) is 5.91 Å². The second-order valence-corrected chi connectivity index (χ2v) is 5.37. The normalized spacial score (nSPS) is 13.9. The van der Waals surface area contributed by atoms with Gasteiger partial charge in [0.1, 0.15) is 6.04 Å². The third-order valence-electron chi connectivity index (χ3n) is 2.11. The highest BCUT2D eigenvalue weighted by molar-refractivity contribution is 7.84. The molecule has 0 saturated heterocycles. The quantitative estimate of drug-likeness (QED) is 0.710. The second-order valence-electron chi connectivity index (χ2n) is 3.86. The van der Waals surface area contributed by atoms with E-state index >= 15 is 0 Å². The molecule has 8 heteroatoms. The van der Waals surface area contributed by atoms with Gasteiger partial charge in [-0.05, 0) is 0 Å². The Morgan fingerprint density at radius 1 is 1.61 bits per heavy atom. The minimum atomic E-state index is -1.37. The molecule has 2 unspecified atom stereocenters. The summed E-state index contributed by atoms with van der Waals surface area (Å²) in [4.78, 5) is 21.7. The van der Waals surface area contributed by atoms with E-state index in [9.17, 15) is 13.8 Å². The second kappa shape index (κ2) is 6.29. The van der Waals surface area contributed by atoms with Gasteiger partial charge < -0.3 is 10.4 Å². The number of hydrogen-bond donors (Lipinski definition) is 2. The molecule has 0 radical (unpaired) electrons. The summed E-state index contributed by atoms with van der Waals surface area (Å²) in [6.07, 6.45) is 3.29. The number of aliphatic carboxylic acids is 1. The number of carbonyl (C=O) groups excluding carboxylic acids is 1. The molecular weight excluding hydrogens is 258 g/mol. The predicted octanol–water partition coefficient (Wildman–Crippen LogP) is -0.742. The number of nitrogens with one attached hydrogen (secondary N) is 1. The van der Waals surface area contributed by atoms with Gasteiger partial charge in [-0.2, -0.15) is 5.10 Å². The molecule has 0 aromatic carbocycles. The van der Waals surface area contributed by atoms with Gasteiger partial charge in [0, 0.05) is 36.5 Å². The van der Waals surface area contributed by atoms with Crippen molar-refractivity contribution in [2.75, 3.05) is 5.75 Å². The lowest BCUT2D eigenvalue weighted by Crippen LogP contribution is -2.43. The summed E-state index contributed by atoms with van der Waals surface area (Å²) in [7, 11) is 0.366. The summed E-state index contributed by atoms with van der Waals surface area (Å²) >= 11 is 0. The molecule has 0 saturated carbocycles. The molecule has 1 rings (SSSR count). The number of amides is 1. The predicted molar refractivity (Wildman–Crippen MR) is 65.2 cm³/mol. The Labute approximate surface area is 107 Å². The fourth-order valence-corrected chi connectivity index (χ4v) is 2.63. The zero-order valence-electron chi connectivity index (χ0n) is 10.1. The summed E-state index contributed by atoms with van der Waals surface area (Å²) in [5.74, 6) is -1.55. The highest BCUT2D eigenvalue weighted by Gasteiger charge is 2.21. The molecular formula is C10H15N3O4S. The largest absolute Gasteiger partial charge is 0.480 e. The van der Waals surface area contributed by atoms with Crippen LogP contribution < -0.4 is 5.32 Å². The lowest BCUT2D eigenvalue weighted by atomic mass is 10.3. The Morgan fingerprint density at radius 3 is 2.72 bits per heavy atom. The van der Waals surface area contributed by atoms with Gasteiger partial charge in [0.15, 0.2) is 0 Å². The fraction of sp³-hybridized carbons (Fsp3) is 0.500. The Bertz CT molecular complexity index is 471. The van der Waals surface area contributed by atoms with Crippen molar-refractivity contribution in [1.29, 1.82) is 0 Å². The van der Waals surface area contributed by atoms with Crippen molar-refractivity contribution in [2.24, 2.45) is 7.05 Å². The topological polar surface area (TPSA) is 101 Å². The smallest absolute Gasteiger partial charge is 0.327 e. The van der Waals surface area contributed by atoms with Gasteiger partial charge in [0.25, 0.3) is 0 Å². The Hall–Kier alpha value is -1.70. The first-order valence-electron chi connectivity index (χ1n) is 5.21. The number of rotatable bonds is 6. The molecule has 100 valence electrons. The molecule has 0 bridgehead atoms. The van der Waals surface area contributed by atoms with Gasteiger partial charge in [0.05, 0.1) is 17.7 Å². The molecule has 2 atom stereocenters. The maximum absolute atomic E-state index is 11.8. The Morgan fingerprint density at radius 2 is 2.28 bits per heavy atom. The van der Waals surface area contributed by atoms with Gasteiger partial charge >= 0.3 is 5.97 Å². The number of carbonyl (C=O) groups is 2. The van der Waals surface area contributed by atoms with Crippen molar-refractivity contribution in [3.63, 3.8) is 0 Å². The molecule has 0 aliphatic rings. The van der Waals surface area contributed by atoms with Crippen molar-refractivity contribution >= 4 is 22.7 Å². The number of aryl methyl sites for hydroxylation is 1.